The van der Waals surface area contributed by atoms with Crippen molar-refractivity contribution in [3.05, 3.63) is 17.5 Å². The molecule has 102 valence electrons. The number of aromatic nitrogens is 2. The Bertz CT molecular complexity index is 366. The molecule has 0 aromatic carbocycles. The molecule has 18 heavy (non-hydrogen) atoms. The molecule has 0 radical (unpaired) electrons. The van der Waals surface area contributed by atoms with Gasteiger partial charge in [-0.15, -0.1) is 0 Å². The number of aryl methyl sites for hydroxylation is 3. The Morgan fingerprint density at radius 3 is 2.78 bits per heavy atom. The molecule has 1 heterocycles. The fraction of sp³-hybridized carbons (Fsp3) is 0.800. The molecule has 0 aliphatic heterocycles. The van der Waals surface area contributed by atoms with Crippen LogP contribution in [0.25, 0.3) is 0 Å². The Morgan fingerprint density at radius 2 is 2.22 bits per heavy atom. The quantitative estimate of drug-likeness (QED) is 0.767. The topological polar surface area (TPSA) is 29.9 Å². The van der Waals surface area contributed by atoms with Gasteiger partial charge in [-0.3, -0.25) is 4.68 Å². The first-order chi connectivity index (χ1) is 8.74. The van der Waals surface area contributed by atoms with Crippen LogP contribution < -0.4 is 5.32 Å². The van der Waals surface area contributed by atoms with E-state index in [-0.39, 0.29) is 0 Å². The average Bonchev–Trinajstić information content (AvgIpc) is 3.14. The van der Waals surface area contributed by atoms with E-state index in [0.29, 0.717) is 0 Å². The molecule has 0 amide bonds. The van der Waals surface area contributed by atoms with Gasteiger partial charge in [0.15, 0.2) is 0 Å². The van der Waals surface area contributed by atoms with E-state index in [4.69, 9.17) is 0 Å². The van der Waals surface area contributed by atoms with Gasteiger partial charge in [0.05, 0.1) is 5.69 Å². The Kier molecular flexibility index (Phi) is 4.81. The molecule has 1 aliphatic rings. The molecule has 1 unspecified atom stereocenters. The lowest BCUT2D eigenvalue weighted by Gasteiger charge is -2.17. The second kappa shape index (κ2) is 6.37. The first-order valence-corrected chi connectivity index (χ1v) is 7.49. The molecule has 1 aliphatic carbocycles. The van der Waals surface area contributed by atoms with E-state index >= 15 is 0 Å². The predicted octanol–water partition coefficient (Wildman–Crippen LogP) is 2.69. The monoisotopic (exact) mass is 249 g/mol. The highest BCUT2D eigenvalue weighted by Crippen LogP contribution is 2.34. The summed E-state index contributed by atoms with van der Waals surface area (Å²) in [5.74, 6) is 0.940. The lowest BCUT2D eigenvalue weighted by molar-refractivity contribution is 0.431. The summed E-state index contributed by atoms with van der Waals surface area (Å²) < 4.78 is 2.06. The zero-order chi connectivity index (χ0) is 13.0. The highest BCUT2D eigenvalue weighted by Gasteiger charge is 2.30. The number of nitrogens with one attached hydrogen (secondary N) is 1. The first kappa shape index (κ1) is 13.6. The lowest BCUT2D eigenvalue weighted by Crippen LogP contribution is -2.32. The fourth-order valence-electron chi connectivity index (χ4n) is 2.61. The van der Waals surface area contributed by atoms with E-state index in [1.807, 2.05) is 0 Å². The summed E-state index contributed by atoms with van der Waals surface area (Å²) in [5.41, 5.74) is 2.60. The van der Waals surface area contributed by atoms with Gasteiger partial charge in [-0.05, 0) is 57.1 Å². The number of nitrogens with zero attached hydrogens (tertiary/aromatic N) is 2. The molecule has 1 fully saturated rings. The van der Waals surface area contributed by atoms with Crippen molar-refractivity contribution in [1.82, 2.24) is 15.1 Å². The maximum atomic E-state index is 4.53. The zero-order valence-electron chi connectivity index (χ0n) is 12.1. The molecular weight excluding hydrogens is 222 g/mol. The lowest BCUT2D eigenvalue weighted by atomic mass is 10.0. The molecule has 0 spiro atoms. The molecule has 3 nitrogen and oxygen atoms in total. The van der Waals surface area contributed by atoms with Crippen LogP contribution in [0.15, 0.2) is 6.07 Å². The van der Waals surface area contributed by atoms with Crippen molar-refractivity contribution in [2.45, 2.75) is 58.4 Å². The van der Waals surface area contributed by atoms with Crippen LogP contribution in [-0.2, 0) is 19.9 Å². The molecule has 1 aromatic heterocycles. The SMILES string of the molecule is CCCNC(CCc1cc(CC)nn1C)C1CC1. The molecule has 2 rings (SSSR count). The predicted molar refractivity (Wildman–Crippen MR) is 75.7 cm³/mol. The van der Waals surface area contributed by atoms with Crippen molar-refractivity contribution in [2.75, 3.05) is 6.54 Å². The molecule has 0 bridgehead atoms. The van der Waals surface area contributed by atoms with Crippen molar-refractivity contribution in [2.24, 2.45) is 13.0 Å². The zero-order valence-corrected chi connectivity index (χ0v) is 12.1. The maximum absolute atomic E-state index is 4.53. The van der Waals surface area contributed by atoms with Gasteiger partial charge in [-0.2, -0.15) is 5.10 Å². The van der Waals surface area contributed by atoms with Gasteiger partial charge in [0.2, 0.25) is 0 Å². The fourth-order valence-corrected chi connectivity index (χ4v) is 2.61. The van der Waals surface area contributed by atoms with Crippen LogP contribution in [0.4, 0.5) is 0 Å². The van der Waals surface area contributed by atoms with E-state index in [9.17, 15) is 0 Å². The summed E-state index contributed by atoms with van der Waals surface area (Å²) in [5, 5.41) is 8.24. The minimum absolute atomic E-state index is 0.727. The van der Waals surface area contributed by atoms with E-state index in [1.54, 1.807) is 0 Å². The smallest absolute Gasteiger partial charge is 0.0624 e. The second-order valence-corrected chi connectivity index (χ2v) is 5.54. The molecule has 1 aromatic rings. The summed E-state index contributed by atoms with van der Waals surface area (Å²) in [6, 6.07) is 2.99. The van der Waals surface area contributed by atoms with Crippen LogP contribution in [0.2, 0.25) is 0 Å². The van der Waals surface area contributed by atoms with Crippen molar-refractivity contribution in [3.8, 4) is 0 Å². The molecule has 1 N–H and O–H groups in total. The Hall–Kier alpha value is -0.830. The number of hydrogen-bond donors (Lipinski definition) is 1. The third-order valence-corrected chi connectivity index (χ3v) is 3.95. The van der Waals surface area contributed by atoms with Gasteiger partial charge < -0.3 is 5.32 Å². The third kappa shape index (κ3) is 3.58. The van der Waals surface area contributed by atoms with Crippen LogP contribution in [0, 0.1) is 5.92 Å². The Labute approximate surface area is 111 Å². The van der Waals surface area contributed by atoms with Gasteiger partial charge in [0, 0.05) is 18.8 Å². The third-order valence-electron chi connectivity index (χ3n) is 3.95. The van der Waals surface area contributed by atoms with Gasteiger partial charge in [-0.25, -0.2) is 0 Å². The van der Waals surface area contributed by atoms with Crippen LogP contribution in [0.5, 0.6) is 0 Å². The highest BCUT2D eigenvalue weighted by molar-refractivity contribution is 5.10. The molecule has 0 saturated heterocycles. The minimum atomic E-state index is 0.727. The van der Waals surface area contributed by atoms with E-state index in [1.165, 1.54) is 37.1 Å². The molecule has 3 heteroatoms. The first-order valence-electron chi connectivity index (χ1n) is 7.49. The Balaban J connectivity index is 1.85. The maximum Gasteiger partial charge on any atom is 0.0624 e. The molecule has 1 atom stereocenters. The van der Waals surface area contributed by atoms with Crippen molar-refractivity contribution in [1.29, 1.82) is 0 Å². The van der Waals surface area contributed by atoms with E-state index in [0.717, 1.165) is 31.3 Å². The van der Waals surface area contributed by atoms with Crippen LogP contribution >= 0.6 is 0 Å². The van der Waals surface area contributed by atoms with Gasteiger partial charge in [0.25, 0.3) is 0 Å². The van der Waals surface area contributed by atoms with E-state index < -0.39 is 0 Å². The largest absolute Gasteiger partial charge is 0.314 e. The summed E-state index contributed by atoms with van der Waals surface area (Å²) in [6.07, 6.45) is 7.53. The number of hydrogen-bond acceptors (Lipinski definition) is 2. The molecular formula is C15H27N3. The van der Waals surface area contributed by atoms with Crippen LogP contribution in [-0.4, -0.2) is 22.4 Å². The highest BCUT2D eigenvalue weighted by atomic mass is 15.3. The molecule has 1 saturated carbocycles. The second-order valence-electron chi connectivity index (χ2n) is 5.54. The standard InChI is InChI=1S/C15H27N3/c1-4-10-16-15(12-6-7-12)9-8-14-11-13(5-2)17-18(14)3/h11-12,15-16H,4-10H2,1-3H3. The van der Waals surface area contributed by atoms with Crippen molar-refractivity contribution >= 4 is 0 Å². The van der Waals surface area contributed by atoms with Gasteiger partial charge in [-0.1, -0.05) is 13.8 Å². The van der Waals surface area contributed by atoms with Crippen LogP contribution in [0.1, 0.15) is 50.9 Å². The van der Waals surface area contributed by atoms with Gasteiger partial charge in [0.1, 0.15) is 0 Å². The number of rotatable bonds is 8. The van der Waals surface area contributed by atoms with Crippen molar-refractivity contribution < 1.29 is 0 Å². The van der Waals surface area contributed by atoms with Crippen molar-refractivity contribution in [3.63, 3.8) is 0 Å². The summed E-state index contributed by atoms with van der Waals surface area (Å²) >= 11 is 0. The van der Waals surface area contributed by atoms with Crippen LogP contribution in [0.3, 0.4) is 0 Å². The normalized spacial score (nSPS) is 17.1. The summed E-state index contributed by atoms with van der Waals surface area (Å²) in [6.45, 7) is 5.57. The summed E-state index contributed by atoms with van der Waals surface area (Å²) in [7, 11) is 2.07. The average molecular weight is 249 g/mol. The summed E-state index contributed by atoms with van der Waals surface area (Å²) in [4.78, 5) is 0. The van der Waals surface area contributed by atoms with Gasteiger partial charge >= 0.3 is 0 Å². The minimum Gasteiger partial charge on any atom is -0.314 e. The van der Waals surface area contributed by atoms with E-state index in [2.05, 4.69) is 42.1 Å². The Morgan fingerprint density at radius 1 is 1.44 bits per heavy atom.